The van der Waals surface area contributed by atoms with E-state index >= 15 is 0 Å². The van der Waals surface area contributed by atoms with Crippen molar-refractivity contribution in [2.45, 2.75) is 43.5 Å². The molecule has 0 aromatic heterocycles. The summed E-state index contributed by atoms with van der Waals surface area (Å²) in [5.74, 6) is -0.426. The van der Waals surface area contributed by atoms with Crippen molar-refractivity contribution in [2.75, 3.05) is 33.9 Å². The maximum absolute atomic E-state index is 10.4. The molecule has 4 nitrogen and oxygen atoms in total. The van der Waals surface area contributed by atoms with Gasteiger partial charge in [-0.15, -0.1) is 0 Å². The van der Waals surface area contributed by atoms with E-state index in [0.717, 1.165) is 45.3 Å². The molecule has 0 amide bonds. The molecular weight excluding hydrogens is 206 g/mol. The van der Waals surface area contributed by atoms with Crippen molar-refractivity contribution < 1.29 is 14.6 Å². The number of rotatable bonds is 4. The van der Waals surface area contributed by atoms with Crippen LogP contribution in [0.15, 0.2) is 0 Å². The number of nitrogens with zero attached hydrogens (tertiary/aromatic N) is 1. The third-order valence-corrected chi connectivity index (χ3v) is 3.98. The Hall–Kier alpha value is -0.160. The van der Waals surface area contributed by atoms with Gasteiger partial charge in [0.15, 0.2) is 5.79 Å². The van der Waals surface area contributed by atoms with Gasteiger partial charge < -0.3 is 14.6 Å². The highest BCUT2D eigenvalue weighted by Gasteiger charge is 2.46. The third-order valence-electron chi connectivity index (χ3n) is 3.98. The highest BCUT2D eigenvalue weighted by molar-refractivity contribution is 4.94. The molecule has 1 aliphatic carbocycles. The van der Waals surface area contributed by atoms with Gasteiger partial charge in [0.2, 0.25) is 0 Å². The molecule has 16 heavy (non-hydrogen) atoms. The average Bonchev–Trinajstić information content (AvgIpc) is 2.24. The van der Waals surface area contributed by atoms with Gasteiger partial charge in [-0.05, 0) is 12.8 Å². The zero-order valence-electron chi connectivity index (χ0n) is 10.4. The molecule has 0 aromatic rings. The van der Waals surface area contributed by atoms with E-state index in [0.29, 0.717) is 0 Å². The number of methoxy groups -OCH3 is 2. The van der Waals surface area contributed by atoms with Crippen LogP contribution in [0.25, 0.3) is 0 Å². The lowest BCUT2D eigenvalue weighted by Gasteiger charge is -2.50. The van der Waals surface area contributed by atoms with Crippen molar-refractivity contribution in [3.8, 4) is 0 Å². The number of likely N-dealkylation sites (tertiary alicyclic amines) is 1. The average molecular weight is 229 g/mol. The van der Waals surface area contributed by atoms with E-state index in [9.17, 15) is 5.11 Å². The van der Waals surface area contributed by atoms with Gasteiger partial charge in [-0.2, -0.15) is 0 Å². The van der Waals surface area contributed by atoms with E-state index in [-0.39, 0.29) is 0 Å². The zero-order valence-corrected chi connectivity index (χ0v) is 10.4. The Morgan fingerprint density at radius 2 is 1.62 bits per heavy atom. The van der Waals surface area contributed by atoms with Crippen LogP contribution in [-0.2, 0) is 9.47 Å². The molecule has 0 spiro atoms. The molecule has 2 fully saturated rings. The maximum atomic E-state index is 10.4. The predicted molar refractivity (Wildman–Crippen MR) is 61.2 cm³/mol. The van der Waals surface area contributed by atoms with Gasteiger partial charge in [-0.1, -0.05) is 19.3 Å². The van der Waals surface area contributed by atoms with Crippen LogP contribution in [0.3, 0.4) is 0 Å². The summed E-state index contributed by atoms with van der Waals surface area (Å²) in [6.07, 6.45) is 5.46. The van der Waals surface area contributed by atoms with Crippen LogP contribution in [0, 0.1) is 0 Å². The van der Waals surface area contributed by atoms with Crippen LogP contribution in [-0.4, -0.2) is 55.2 Å². The summed E-state index contributed by atoms with van der Waals surface area (Å²) in [4.78, 5) is 2.22. The summed E-state index contributed by atoms with van der Waals surface area (Å²) in [7, 11) is 3.35. The lowest BCUT2D eigenvalue weighted by Crippen LogP contribution is -2.66. The predicted octanol–water partition coefficient (Wildman–Crippen LogP) is 0.986. The fourth-order valence-electron chi connectivity index (χ4n) is 2.87. The molecule has 94 valence electrons. The number of hydrogen-bond donors (Lipinski definition) is 1. The summed E-state index contributed by atoms with van der Waals surface area (Å²) < 4.78 is 10.7. The number of aliphatic hydroxyl groups is 1. The zero-order chi connectivity index (χ0) is 11.6. The second kappa shape index (κ2) is 4.61. The molecule has 0 atom stereocenters. The Morgan fingerprint density at radius 1 is 1.06 bits per heavy atom. The molecule has 2 aliphatic rings. The Labute approximate surface area is 97.5 Å². The quantitative estimate of drug-likeness (QED) is 0.730. The molecule has 1 aliphatic heterocycles. The molecule has 1 saturated carbocycles. The second-order valence-electron chi connectivity index (χ2n) is 5.25. The summed E-state index contributed by atoms with van der Waals surface area (Å²) in [6.45, 7) is 2.30. The molecule has 1 saturated heterocycles. The minimum Gasteiger partial charge on any atom is -0.389 e. The first-order valence-corrected chi connectivity index (χ1v) is 6.16. The summed E-state index contributed by atoms with van der Waals surface area (Å²) in [5, 5.41) is 10.4. The first-order valence-electron chi connectivity index (χ1n) is 6.16. The topological polar surface area (TPSA) is 41.9 Å². The molecule has 2 rings (SSSR count). The fourth-order valence-corrected chi connectivity index (χ4v) is 2.87. The van der Waals surface area contributed by atoms with Crippen molar-refractivity contribution >= 4 is 0 Å². The van der Waals surface area contributed by atoms with Crippen molar-refractivity contribution in [3.63, 3.8) is 0 Å². The van der Waals surface area contributed by atoms with Crippen LogP contribution in [0.4, 0.5) is 0 Å². The monoisotopic (exact) mass is 229 g/mol. The van der Waals surface area contributed by atoms with Gasteiger partial charge in [0, 0.05) is 20.8 Å². The molecule has 0 radical (unpaired) electrons. The van der Waals surface area contributed by atoms with E-state index in [2.05, 4.69) is 4.90 Å². The Balaban J connectivity index is 1.80. The van der Waals surface area contributed by atoms with E-state index in [1.807, 2.05) is 0 Å². The molecular formula is C12H23NO3. The van der Waals surface area contributed by atoms with Crippen LogP contribution in [0.5, 0.6) is 0 Å². The Kier molecular flexibility index (Phi) is 3.54. The molecule has 0 unspecified atom stereocenters. The first-order chi connectivity index (χ1) is 7.61. The van der Waals surface area contributed by atoms with Crippen molar-refractivity contribution in [3.05, 3.63) is 0 Å². The highest BCUT2D eigenvalue weighted by Crippen LogP contribution is 2.33. The van der Waals surface area contributed by atoms with E-state index in [1.54, 1.807) is 14.2 Å². The van der Waals surface area contributed by atoms with Crippen molar-refractivity contribution in [2.24, 2.45) is 0 Å². The number of hydrogen-bond acceptors (Lipinski definition) is 4. The smallest absolute Gasteiger partial charge is 0.193 e. The minimum atomic E-state index is -0.466. The lowest BCUT2D eigenvalue weighted by atomic mass is 9.83. The highest BCUT2D eigenvalue weighted by atomic mass is 16.7. The summed E-state index contributed by atoms with van der Waals surface area (Å²) in [6, 6.07) is 0. The molecule has 4 heteroatoms. The standard InChI is InChI=1S/C12H23NO3/c1-15-12(16-2)9-13(10-12)8-11(14)6-4-3-5-7-11/h14H,3-10H2,1-2H3. The largest absolute Gasteiger partial charge is 0.389 e. The van der Waals surface area contributed by atoms with Gasteiger partial charge >= 0.3 is 0 Å². The Bertz CT molecular complexity index is 226. The minimum absolute atomic E-state index is 0.426. The summed E-state index contributed by atoms with van der Waals surface area (Å²) >= 11 is 0. The number of β-amino-alcohol motifs (C(OH)–C–C–N with tert-alkyl or cyclic N) is 1. The second-order valence-corrected chi connectivity index (χ2v) is 5.25. The SMILES string of the molecule is COC1(OC)CN(CC2(O)CCCCC2)C1. The van der Waals surface area contributed by atoms with E-state index < -0.39 is 11.4 Å². The maximum Gasteiger partial charge on any atom is 0.193 e. The lowest BCUT2D eigenvalue weighted by molar-refractivity contribution is -0.281. The van der Waals surface area contributed by atoms with Crippen LogP contribution < -0.4 is 0 Å². The Morgan fingerprint density at radius 3 is 2.12 bits per heavy atom. The molecule has 1 N–H and O–H groups in total. The fraction of sp³-hybridized carbons (Fsp3) is 1.00. The van der Waals surface area contributed by atoms with Crippen LogP contribution >= 0.6 is 0 Å². The van der Waals surface area contributed by atoms with Crippen molar-refractivity contribution in [1.29, 1.82) is 0 Å². The molecule has 1 heterocycles. The van der Waals surface area contributed by atoms with Gasteiger partial charge in [0.05, 0.1) is 18.7 Å². The first kappa shape index (κ1) is 12.3. The number of ether oxygens (including phenoxy) is 2. The van der Waals surface area contributed by atoms with Gasteiger partial charge in [0.1, 0.15) is 0 Å². The molecule has 0 aromatic carbocycles. The van der Waals surface area contributed by atoms with E-state index in [4.69, 9.17) is 9.47 Å². The van der Waals surface area contributed by atoms with Gasteiger partial charge in [-0.25, -0.2) is 0 Å². The molecule has 0 bridgehead atoms. The van der Waals surface area contributed by atoms with E-state index in [1.165, 1.54) is 6.42 Å². The summed E-state index contributed by atoms with van der Waals surface area (Å²) in [5.41, 5.74) is -0.466. The normalized spacial score (nSPS) is 28.7. The third kappa shape index (κ3) is 2.40. The van der Waals surface area contributed by atoms with Crippen molar-refractivity contribution in [1.82, 2.24) is 4.90 Å². The van der Waals surface area contributed by atoms with Crippen LogP contribution in [0.2, 0.25) is 0 Å². The van der Waals surface area contributed by atoms with Crippen LogP contribution in [0.1, 0.15) is 32.1 Å². The van der Waals surface area contributed by atoms with Gasteiger partial charge in [-0.3, -0.25) is 4.90 Å². The van der Waals surface area contributed by atoms with Gasteiger partial charge in [0.25, 0.3) is 0 Å².